The van der Waals surface area contributed by atoms with Crippen LogP contribution in [0.2, 0.25) is 0 Å². The lowest BCUT2D eigenvalue weighted by atomic mass is 9.88. The minimum atomic E-state index is -0.125. The van der Waals surface area contributed by atoms with Gasteiger partial charge in [-0.05, 0) is 43.6 Å². The van der Waals surface area contributed by atoms with E-state index in [9.17, 15) is 9.59 Å². The van der Waals surface area contributed by atoms with E-state index in [1.807, 2.05) is 26.0 Å². The first-order chi connectivity index (χ1) is 9.47. The van der Waals surface area contributed by atoms with Gasteiger partial charge in [0.1, 0.15) is 0 Å². The summed E-state index contributed by atoms with van der Waals surface area (Å²) in [5.74, 6) is 0.300. The fourth-order valence-electron chi connectivity index (χ4n) is 2.16. The van der Waals surface area contributed by atoms with Gasteiger partial charge in [-0.1, -0.05) is 13.0 Å². The number of rotatable bonds is 4. The molecular weight excluding hydrogens is 254 g/mol. The quantitative estimate of drug-likeness (QED) is 0.784. The molecule has 1 aromatic rings. The minimum absolute atomic E-state index is 0.0138. The van der Waals surface area contributed by atoms with Crippen LogP contribution in [0.15, 0.2) is 18.2 Å². The number of hydrogen-bond donors (Lipinski definition) is 3. The molecule has 20 heavy (non-hydrogen) atoms. The molecule has 1 atom stereocenters. The van der Waals surface area contributed by atoms with Crippen molar-refractivity contribution in [2.45, 2.75) is 20.8 Å². The molecule has 0 spiro atoms. The average molecular weight is 275 g/mol. The topological polar surface area (TPSA) is 70.2 Å². The maximum atomic E-state index is 12.2. The first-order valence-electron chi connectivity index (χ1n) is 6.87. The van der Waals surface area contributed by atoms with Crippen molar-refractivity contribution < 1.29 is 9.59 Å². The smallest absolute Gasteiger partial charge is 0.227 e. The van der Waals surface area contributed by atoms with Crippen LogP contribution in [0.25, 0.3) is 0 Å². The molecule has 2 rings (SSSR count). The number of carbonyl (C=O) groups is 2. The molecular formula is C15H21N3O2. The molecule has 1 saturated heterocycles. The SMILES string of the molecule is CC(=O)Nc1ccc(C)c(NC(=O)C(C)C2CNC2)c1. The van der Waals surface area contributed by atoms with E-state index in [0.29, 0.717) is 11.6 Å². The zero-order valence-electron chi connectivity index (χ0n) is 12.1. The number of anilines is 2. The first-order valence-corrected chi connectivity index (χ1v) is 6.87. The molecule has 1 heterocycles. The van der Waals surface area contributed by atoms with Crippen molar-refractivity contribution in [2.75, 3.05) is 23.7 Å². The Hall–Kier alpha value is -1.88. The Morgan fingerprint density at radius 1 is 1.30 bits per heavy atom. The van der Waals surface area contributed by atoms with E-state index in [-0.39, 0.29) is 17.7 Å². The van der Waals surface area contributed by atoms with Crippen molar-refractivity contribution in [1.29, 1.82) is 0 Å². The van der Waals surface area contributed by atoms with Gasteiger partial charge < -0.3 is 16.0 Å². The minimum Gasteiger partial charge on any atom is -0.326 e. The summed E-state index contributed by atoms with van der Waals surface area (Å²) in [6.45, 7) is 7.15. The molecule has 0 radical (unpaired) electrons. The van der Waals surface area contributed by atoms with E-state index in [1.165, 1.54) is 6.92 Å². The number of hydrogen-bond acceptors (Lipinski definition) is 3. The molecule has 1 aliphatic rings. The van der Waals surface area contributed by atoms with E-state index in [4.69, 9.17) is 0 Å². The monoisotopic (exact) mass is 275 g/mol. The van der Waals surface area contributed by atoms with Crippen LogP contribution in [-0.4, -0.2) is 24.9 Å². The highest BCUT2D eigenvalue weighted by Crippen LogP contribution is 2.23. The lowest BCUT2D eigenvalue weighted by molar-refractivity contribution is -0.121. The van der Waals surface area contributed by atoms with Crippen LogP contribution >= 0.6 is 0 Å². The van der Waals surface area contributed by atoms with E-state index < -0.39 is 0 Å². The van der Waals surface area contributed by atoms with E-state index in [0.717, 1.165) is 24.3 Å². The summed E-state index contributed by atoms with van der Waals surface area (Å²) in [5, 5.41) is 8.85. The van der Waals surface area contributed by atoms with Crippen molar-refractivity contribution in [1.82, 2.24) is 5.32 Å². The number of amides is 2. The van der Waals surface area contributed by atoms with Crippen molar-refractivity contribution >= 4 is 23.2 Å². The summed E-state index contributed by atoms with van der Waals surface area (Å²) in [6.07, 6.45) is 0. The second-order valence-corrected chi connectivity index (χ2v) is 5.41. The summed E-state index contributed by atoms with van der Waals surface area (Å²) < 4.78 is 0. The van der Waals surface area contributed by atoms with Crippen molar-refractivity contribution in [3.8, 4) is 0 Å². The first kappa shape index (κ1) is 14.5. The van der Waals surface area contributed by atoms with Crippen LogP contribution in [-0.2, 0) is 9.59 Å². The van der Waals surface area contributed by atoms with Gasteiger partial charge >= 0.3 is 0 Å². The van der Waals surface area contributed by atoms with Gasteiger partial charge in [0.25, 0.3) is 0 Å². The summed E-state index contributed by atoms with van der Waals surface area (Å²) in [7, 11) is 0. The van der Waals surface area contributed by atoms with Crippen LogP contribution in [0.5, 0.6) is 0 Å². The summed E-state index contributed by atoms with van der Waals surface area (Å²) in [5.41, 5.74) is 2.42. The van der Waals surface area contributed by atoms with Crippen LogP contribution in [0.1, 0.15) is 19.4 Å². The van der Waals surface area contributed by atoms with E-state index >= 15 is 0 Å². The predicted molar refractivity (Wildman–Crippen MR) is 79.6 cm³/mol. The zero-order chi connectivity index (χ0) is 14.7. The molecule has 0 aromatic heterocycles. The van der Waals surface area contributed by atoms with Crippen molar-refractivity contribution in [3.05, 3.63) is 23.8 Å². The Morgan fingerprint density at radius 3 is 2.55 bits per heavy atom. The van der Waals surface area contributed by atoms with Crippen molar-refractivity contribution in [2.24, 2.45) is 11.8 Å². The molecule has 0 saturated carbocycles. The van der Waals surface area contributed by atoms with E-state index in [2.05, 4.69) is 16.0 Å². The van der Waals surface area contributed by atoms with Gasteiger partial charge in [0.15, 0.2) is 0 Å². The number of aryl methyl sites for hydroxylation is 1. The molecule has 1 aromatic carbocycles. The zero-order valence-corrected chi connectivity index (χ0v) is 12.1. The highest BCUT2D eigenvalue weighted by atomic mass is 16.2. The van der Waals surface area contributed by atoms with Gasteiger partial charge in [0, 0.05) is 24.2 Å². The molecule has 108 valence electrons. The van der Waals surface area contributed by atoms with Crippen LogP contribution in [0.4, 0.5) is 11.4 Å². The number of carbonyl (C=O) groups excluding carboxylic acids is 2. The highest BCUT2D eigenvalue weighted by Gasteiger charge is 2.28. The third-order valence-electron chi connectivity index (χ3n) is 3.75. The number of nitrogens with one attached hydrogen (secondary N) is 3. The lowest BCUT2D eigenvalue weighted by Crippen LogP contribution is -2.48. The Morgan fingerprint density at radius 2 is 2.00 bits per heavy atom. The molecule has 0 bridgehead atoms. The predicted octanol–water partition coefficient (Wildman–Crippen LogP) is 1.75. The fourth-order valence-corrected chi connectivity index (χ4v) is 2.16. The van der Waals surface area contributed by atoms with Crippen molar-refractivity contribution in [3.63, 3.8) is 0 Å². The van der Waals surface area contributed by atoms with Crippen LogP contribution < -0.4 is 16.0 Å². The van der Waals surface area contributed by atoms with Crippen LogP contribution in [0, 0.1) is 18.8 Å². The fraction of sp³-hybridized carbons (Fsp3) is 0.467. The third-order valence-corrected chi connectivity index (χ3v) is 3.75. The largest absolute Gasteiger partial charge is 0.326 e. The Balaban J connectivity index is 2.07. The molecule has 3 N–H and O–H groups in total. The highest BCUT2D eigenvalue weighted by molar-refractivity contribution is 5.95. The van der Waals surface area contributed by atoms with Crippen LogP contribution in [0.3, 0.4) is 0 Å². The van der Waals surface area contributed by atoms with E-state index in [1.54, 1.807) is 6.07 Å². The summed E-state index contributed by atoms with van der Waals surface area (Å²) >= 11 is 0. The maximum absolute atomic E-state index is 12.2. The molecule has 1 unspecified atom stereocenters. The summed E-state index contributed by atoms with van der Waals surface area (Å²) in [4.78, 5) is 23.3. The normalized spacial score (nSPS) is 16.1. The second-order valence-electron chi connectivity index (χ2n) is 5.41. The molecule has 1 aliphatic heterocycles. The van der Waals surface area contributed by atoms with Gasteiger partial charge in [0.2, 0.25) is 11.8 Å². The standard InChI is InChI=1S/C15H21N3O2/c1-9-4-5-13(17-11(3)19)6-14(9)18-15(20)10(2)12-7-16-8-12/h4-6,10,12,16H,7-8H2,1-3H3,(H,17,19)(H,18,20). The van der Waals surface area contributed by atoms with Gasteiger partial charge in [-0.3, -0.25) is 9.59 Å². The average Bonchev–Trinajstić information content (AvgIpc) is 2.30. The van der Waals surface area contributed by atoms with Gasteiger partial charge in [-0.2, -0.15) is 0 Å². The summed E-state index contributed by atoms with van der Waals surface area (Å²) in [6, 6.07) is 5.50. The third kappa shape index (κ3) is 3.36. The Labute approximate surface area is 119 Å². The second kappa shape index (κ2) is 6.05. The van der Waals surface area contributed by atoms with Gasteiger partial charge in [-0.25, -0.2) is 0 Å². The maximum Gasteiger partial charge on any atom is 0.227 e. The molecule has 1 fully saturated rings. The number of benzene rings is 1. The molecule has 0 aliphatic carbocycles. The molecule has 2 amide bonds. The van der Waals surface area contributed by atoms with Gasteiger partial charge in [0.05, 0.1) is 0 Å². The lowest BCUT2D eigenvalue weighted by Gasteiger charge is -2.31. The molecule has 5 nitrogen and oxygen atoms in total. The Kier molecular flexibility index (Phi) is 4.39. The molecule has 5 heteroatoms. The Bertz CT molecular complexity index is 524. The van der Waals surface area contributed by atoms with Gasteiger partial charge in [-0.15, -0.1) is 0 Å².